The van der Waals surface area contributed by atoms with Gasteiger partial charge in [0.1, 0.15) is 18.1 Å². The van der Waals surface area contributed by atoms with Crippen LogP contribution in [0.15, 0.2) is 24.2 Å². The lowest BCUT2D eigenvalue weighted by atomic mass is 9.99. The van der Waals surface area contributed by atoms with Gasteiger partial charge in [0.25, 0.3) is 0 Å². The fourth-order valence-corrected chi connectivity index (χ4v) is 1.77. The molecule has 0 fully saturated rings. The topological polar surface area (TPSA) is 98.7 Å². The Morgan fingerprint density at radius 3 is 2.88 bits per heavy atom. The standard InChI is InChI=1S/C19H27N3O4/c1-11(2)16(23)18(25)20-12(3)17(24)21-15-14-8-6-5-7-13(14)9-10-22(4)19(15)26/h5-8,11-12,15-16,23H,9-10H2,1-4H3,(H,20,25)(H,21,24)/t12-,15-,16-/m0/s1/i1D3,2D3,3D3,4D3,5D,6D,7D,8D,10D2,11D,12D,15D,16D. The highest BCUT2D eigenvalue weighted by Gasteiger charge is 2.32. The summed E-state index contributed by atoms with van der Waals surface area (Å²) in [5.74, 6) is -12.1. The normalized spacial score (nSPS) is 41.3. The molecular weight excluding hydrogens is 334 g/mol. The Labute approximate surface area is 184 Å². The molecule has 3 atom stereocenters. The smallest absolute Gasteiger partial charge is 0.249 e. The lowest BCUT2D eigenvalue weighted by Crippen LogP contribution is -2.51. The van der Waals surface area contributed by atoms with Crippen molar-refractivity contribution in [3.63, 3.8) is 0 Å². The molecule has 0 saturated carbocycles. The number of hydrogen-bond donors (Lipinski definition) is 3. The van der Waals surface area contributed by atoms with Crippen LogP contribution in [0.2, 0.25) is 0 Å². The monoisotopic (exact) mass is 383 g/mol. The fourth-order valence-electron chi connectivity index (χ4n) is 1.77. The number of likely N-dealkylation sites (N-methyl/N-ethyl adjacent to an activating group) is 1. The van der Waals surface area contributed by atoms with Crippen LogP contribution < -0.4 is 10.6 Å². The minimum atomic E-state index is -4.71. The SMILES string of the molecule is [2H]c1c([2H])c([2H])c2c(c1[2H])CC([2H])([2H])N(C([2H])([2H])[2H])C(=O)[C@@]2([2H])NC(=O)[C@@]([2H])(NC(=O)[C@@]([2H])(O)C([2H])(C([2H])([2H])[2H])C([2H])([2H])[2H])C([2H])([2H])[2H]. The van der Waals surface area contributed by atoms with Crippen molar-refractivity contribution in [2.24, 2.45) is 5.89 Å². The van der Waals surface area contributed by atoms with Crippen molar-refractivity contribution >= 4 is 17.7 Å². The second-order valence-corrected chi connectivity index (χ2v) is 4.71. The van der Waals surface area contributed by atoms with Crippen LogP contribution in [0.25, 0.3) is 0 Å². The van der Waals surface area contributed by atoms with Crippen LogP contribution in [-0.2, 0) is 20.8 Å². The highest BCUT2D eigenvalue weighted by molar-refractivity contribution is 5.93. The Hall–Kier alpha value is -2.41. The zero-order valence-electron chi connectivity index (χ0n) is 34.8. The van der Waals surface area contributed by atoms with Crippen molar-refractivity contribution in [1.82, 2.24) is 15.5 Å². The van der Waals surface area contributed by atoms with Crippen molar-refractivity contribution < 1.29 is 49.6 Å². The Morgan fingerprint density at radius 2 is 2.19 bits per heavy atom. The van der Waals surface area contributed by atoms with Crippen molar-refractivity contribution in [3.05, 3.63) is 35.3 Å². The lowest BCUT2D eigenvalue weighted by Gasteiger charge is -2.24. The summed E-state index contributed by atoms with van der Waals surface area (Å²) in [5.41, 5.74) is -2.27. The number of hydrogen-bond acceptors (Lipinski definition) is 4. The molecule has 142 valence electrons. The van der Waals surface area contributed by atoms with E-state index in [2.05, 4.69) is 0 Å². The molecule has 26 heavy (non-hydrogen) atoms. The van der Waals surface area contributed by atoms with E-state index in [9.17, 15) is 19.5 Å². The van der Waals surface area contributed by atoms with E-state index in [-0.39, 0.29) is 0 Å². The van der Waals surface area contributed by atoms with Crippen molar-refractivity contribution in [2.45, 2.75) is 45.1 Å². The molecule has 1 aromatic carbocycles. The van der Waals surface area contributed by atoms with E-state index in [0.717, 1.165) is 5.32 Å². The van der Waals surface area contributed by atoms with Gasteiger partial charge in [-0.25, -0.2) is 0 Å². The minimum Gasteiger partial charge on any atom is -0.383 e. The fraction of sp³-hybridized carbons (Fsp3) is 0.526. The van der Waals surface area contributed by atoms with Crippen molar-refractivity contribution in [2.75, 3.05) is 13.5 Å². The third-order valence-electron chi connectivity index (χ3n) is 3.00. The van der Waals surface area contributed by atoms with Crippen LogP contribution >= 0.6 is 0 Å². The van der Waals surface area contributed by atoms with Crippen LogP contribution in [-0.4, -0.2) is 53.3 Å². The number of fused-ring (bicyclic) bond motifs is 1. The van der Waals surface area contributed by atoms with Gasteiger partial charge < -0.3 is 20.6 Å². The summed E-state index contributed by atoms with van der Waals surface area (Å²) in [6.45, 7) is -19.9. The van der Waals surface area contributed by atoms with Crippen molar-refractivity contribution in [1.29, 1.82) is 0 Å². The maximum atomic E-state index is 13.8. The van der Waals surface area contributed by atoms with E-state index in [0.29, 0.717) is 0 Å². The summed E-state index contributed by atoms with van der Waals surface area (Å²) >= 11 is 0. The molecule has 0 saturated heterocycles. The summed E-state index contributed by atoms with van der Waals surface area (Å²) in [7, 11) is 0. The molecular formula is C19H27N3O4. The largest absolute Gasteiger partial charge is 0.383 e. The predicted octanol–water partition coefficient (Wildman–Crippen LogP) is 0.380. The molecule has 0 bridgehead atoms. The highest BCUT2D eigenvalue weighted by atomic mass is 16.3. The molecule has 1 heterocycles. The molecule has 0 spiro atoms. The number of benzene rings is 1. The average molecular weight is 384 g/mol. The Morgan fingerprint density at radius 1 is 1.42 bits per heavy atom. The second-order valence-electron chi connectivity index (χ2n) is 4.71. The first-order valence-electron chi connectivity index (χ1n) is 17.7. The minimum absolute atomic E-state index is 0.595. The Balaban J connectivity index is 2.93. The number of nitrogens with one attached hydrogen (secondary N) is 2. The van der Waals surface area contributed by atoms with Gasteiger partial charge in [-0.2, -0.15) is 0 Å². The van der Waals surface area contributed by atoms with Gasteiger partial charge in [-0.3, -0.25) is 14.4 Å². The number of carbonyl (C=O) groups is 3. The van der Waals surface area contributed by atoms with Gasteiger partial charge in [-0.1, -0.05) is 37.9 Å². The van der Waals surface area contributed by atoms with Gasteiger partial charge in [0, 0.05) is 34.0 Å². The maximum absolute atomic E-state index is 13.8. The third-order valence-corrected chi connectivity index (χ3v) is 3.00. The summed E-state index contributed by atoms with van der Waals surface area (Å²) in [4.78, 5) is 39.8. The molecule has 1 aromatic rings. The van der Waals surface area contributed by atoms with Crippen LogP contribution in [0, 0.1) is 5.89 Å². The molecule has 0 aliphatic carbocycles. The molecule has 0 aromatic heterocycles. The Bertz CT molecular complexity index is 1500. The van der Waals surface area contributed by atoms with E-state index in [1.165, 1.54) is 5.32 Å². The average Bonchev–Trinajstić information content (AvgIpc) is 2.92. The van der Waals surface area contributed by atoms with E-state index in [1.807, 2.05) is 0 Å². The zero-order chi connectivity index (χ0) is 38.4. The summed E-state index contributed by atoms with van der Waals surface area (Å²) < 4.78 is 172. The van der Waals surface area contributed by atoms with Gasteiger partial charge in [0.15, 0.2) is 0 Å². The van der Waals surface area contributed by atoms with E-state index in [1.54, 1.807) is 0 Å². The molecule has 7 heteroatoms. The van der Waals surface area contributed by atoms with Gasteiger partial charge in [0.05, 0.1) is 9.60 Å². The number of rotatable bonds is 5. The molecule has 0 radical (unpaired) electrons. The molecule has 0 unspecified atom stereocenters. The Kier molecular flexibility index (Phi) is 1.77. The zero-order valence-corrected chi connectivity index (χ0v) is 12.8. The first-order valence-corrected chi connectivity index (χ1v) is 6.71. The number of carbonyl (C=O) groups excluding carboxylic acids is 3. The quantitative estimate of drug-likeness (QED) is 0.684. The number of aliphatic hydroxyl groups is 1. The van der Waals surface area contributed by atoms with Crippen LogP contribution in [0.4, 0.5) is 0 Å². The lowest BCUT2D eigenvalue weighted by molar-refractivity contribution is -0.137. The second kappa shape index (κ2) is 8.31. The van der Waals surface area contributed by atoms with Crippen LogP contribution in [0.5, 0.6) is 0 Å². The highest BCUT2D eigenvalue weighted by Crippen LogP contribution is 2.24. The molecule has 2 rings (SSSR count). The molecule has 1 aliphatic rings. The van der Waals surface area contributed by atoms with E-state index in [4.69, 9.17) is 30.2 Å². The maximum Gasteiger partial charge on any atom is 0.249 e. The number of amides is 3. The van der Waals surface area contributed by atoms with Crippen LogP contribution in [0.1, 0.15) is 67.9 Å². The van der Waals surface area contributed by atoms with Crippen molar-refractivity contribution in [3.8, 4) is 0 Å². The predicted molar refractivity (Wildman–Crippen MR) is 97.1 cm³/mol. The molecule has 1 aliphatic heterocycles. The molecule has 3 amide bonds. The van der Waals surface area contributed by atoms with Gasteiger partial charge in [0.2, 0.25) is 17.7 Å². The molecule has 3 N–H and O–H groups in total. The first kappa shape index (κ1) is 5.55. The summed E-state index contributed by atoms with van der Waals surface area (Å²) in [6, 6.07) is -13.1. The summed E-state index contributed by atoms with van der Waals surface area (Å²) in [6.07, 6.45) is -6.05. The van der Waals surface area contributed by atoms with E-state index >= 15 is 0 Å². The summed E-state index contributed by atoms with van der Waals surface area (Å²) in [5, 5.41) is 12.8. The number of nitrogens with zero attached hydrogens (tertiary/aromatic N) is 1. The van der Waals surface area contributed by atoms with Crippen LogP contribution in [0.3, 0.4) is 0 Å². The van der Waals surface area contributed by atoms with Gasteiger partial charge >= 0.3 is 0 Å². The molecule has 7 nitrogen and oxygen atoms in total. The third kappa shape index (κ3) is 4.40. The van der Waals surface area contributed by atoms with Gasteiger partial charge in [-0.05, 0) is 30.3 Å². The first-order chi connectivity index (χ1) is 20.9. The van der Waals surface area contributed by atoms with E-state index < -0.39 is 122 Å². The van der Waals surface area contributed by atoms with Gasteiger partial charge in [-0.15, -0.1) is 0 Å².